The Hall–Kier alpha value is -2.86. The molecule has 1 amide bonds. The molecule has 0 unspecified atom stereocenters. The number of fused-ring (bicyclic) bond motifs is 1. The molecule has 3 heterocycles. The van der Waals surface area contributed by atoms with Crippen LogP contribution in [0.2, 0.25) is 0 Å². The number of para-hydroxylation sites is 1. The predicted octanol–water partition coefficient (Wildman–Crippen LogP) is 2.72. The minimum Gasteiger partial charge on any atom is -0.459 e. The van der Waals surface area contributed by atoms with Crippen molar-refractivity contribution < 1.29 is 14.0 Å². The minimum absolute atomic E-state index is 0.0872. The maximum absolute atomic E-state index is 13.0. The van der Waals surface area contributed by atoms with E-state index in [1.807, 2.05) is 38.2 Å². The third-order valence-corrected chi connectivity index (χ3v) is 5.44. The number of rotatable bonds is 4. The van der Waals surface area contributed by atoms with Crippen molar-refractivity contribution in [2.24, 2.45) is 7.05 Å². The van der Waals surface area contributed by atoms with Crippen molar-refractivity contribution in [2.45, 2.75) is 6.92 Å². The zero-order valence-corrected chi connectivity index (χ0v) is 15.6. The molecule has 1 aliphatic heterocycles. The number of piperazine rings is 1. The first kappa shape index (κ1) is 17.5. The molecule has 0 spiro atoms. The van der Waals surface area contributed by atoms with Gasteiger partial charge in [0.1, 0.15) is 0 Å². The van der Waals surface area contributed by atoms with Gasteiger partial charge in [-0.2, -0.15) is 0 Å². The molecule has 0 N–H and O–H groups in total. The third kappa shape index (κ3) is 3.17. The Bertz CT molecular complexity index is 980. The van der Waals surface area contributed by atoms with Crippen LogP contribution in [0.4, 0.5) is 0 Å². The van der Waals surface area contributed by atoms with Gasteiger partial charge in [0.05, 0.1) is 12.8 Å². The van der Waals surface area contributed by atoms with Gasteiger partial charge in [0.15, 0.2) is 11.5 Å². The summed E-state index contributed by atoms with van der Waals surface area (Å²) in [5.74, 6) is 0.414. The van der Waals surface area contributed by atoms with Gasteiger partial charge in [-0.05, 0) is 25.1 Å². The highest BCUT2D eigenvalue weighted by atomic mass is 16.3. The minimum atomic E-state index is -0.0872. The van der Waals surface area contributed by atoms with E-state index in [1.165, 1.54) is 6.26 Å². The zero-order valence-electron chi connectivity index (χ0n) is 15.6. The summed E-state index contributed by atoms with van der Waals surface area (Å²) in [6.07, 6.45) is 1.51. The van der Waals surface area contributed by atoms with E-state index in [1.54, 1.807) is 17.0 Å². The average Bonchev–Trinajstić information content (AvgIpc) is 3.30. The van der Waals surface area contributed by atoms with Crippen molar-refractivity contribution in [3.63, 3.8) is 0 Å². The molecule has 6 nitrogen and oxygen atoms in total. The quantitative estimate of drug-likeness (QED) is 0.667. The monoisotopic (exact) mass is 365 g/mol. The van der Waals surface area contributed by atoms with Crippen LogP contribution in [0.25, 0.3) is 10.9 Å². The Labute approximate surface area is 158 Å². The molecule has 0 atom stereocenters. The largest absolute Gasteiger partial charge is 0.459 e. The van der Waals surface area contributed by atoms with Crippen molar-refractivity contribution in [1.82, 2.24) is 14.4 Å². The molecule has 4 rings (SSSR count). The van der Waals surface area contributed by atoms with Crippen LogP contribution in [0.15, 0.2) is 47.1 Å². The average molecular weight is 365 g/mol. The van der Waals surface area contributed by atoms with Crippen molar-refractivity contribution in [2.75, 3.05) is 32.7 Å². The summed E-state index contributed by atoms with van der Waals surface area (Å²) in [7, 11) is 1.99. The van der Waals surface area contributed by atoms with Gasteiger partial charge in [-0.3, -0.25) is 14.5 Å². The highest BCUT2D eigenvalue weighted by Crippen LogP contribution is 2.25. The highest BCUT2D eigenvalue weighted by molar-refractivity contribution is 6.10. The Morgan fingerprint density at radius 1 is 1.04 bits per heavy atom. The smallest absolute Gasteiger partial charge is 0.289 e. The van der Waals surface area contributed by atoms with E-state index in [0.29, 0.717) is 38.5 Å². The van der Waals surface area contributed by atoms with Crippen LogP contribution in [0.1, 0.15) is 26.6 Å². The Kier molecular flexibility index (Phi) is 4.58. The molecule has 0 saturated carbocycles. The molecule has 2 aromatic heterocycles. The van der Waals surface area contributed by atoms with E-state index in [9.17, 15) is 9.59 Å². The number of hydrogen-bond acceptors (Lipinski definition) is 4. The first-order valence-electron chi connectivity index (χ1n) is 9.18. The number of nitrogens with zero attached hydrogens (tertiary/aromatic N) is 3. The molecule has 1 saturated heterocycles. The van der Waals surface area contributed by atoms with Gasteiger partial charge in [0.25, 0.3) is 5.91 Å². The second-order valence-corrected chi connectivity index (χ2v) is 7.01. The van der Waals surface area contributed by atoms with Crippen LogP contribution in [0.5, 0.6) is 0 Å². The predicted molar refractivity (Wildman–Crippen MR) is 103 cm³/mol. The maximum atomic E-state index is 13.0. The molecule has 6 heteroatoms. The first-order chi connectivity index (χ1) is 13.1. The van der Waals surface area contributed by atoms with Crippen molar-refractivity contribution >= 4 is 22.6 Å². The first-order valence-corrected chi connectivity index (χ1v) is 9.18. The summed E-state index contributed by atoms with van der Waals surface area (Å²) in [4.78, 5) is 29.3. The van der Waals surface area contributed by atoms with Crippen LogP contribution < -0.4 is 0 Å². The Balaban J connectivity index is 1.43. The number of ketones is 1. The van der Waals surface area contributed by atoms with E-state index in [4.69, 9.17) is 4.42 Å². The highest BCUT2D eigenvalue weighted by Gasteiger charge is 2.26. The molecular formula is C21H23N3O3. The zero-order chi connectivity index (χ0) is 19.0. The molecule has 0 aliphatic carbocycles. The number of benzene rings is 1. The number of hydrogen-bond donors (Lipinski definition) is 0. The summed E-state index contributed by atoms with van der Waals surface area (Å²) < 4.78 is 7.26. The summed E-state index contributed by atoms with van der Waals surface area (Å²) in [5, 5.41) is 1.01. The van der Waals surface area contributed by atoms with Crippen LogP contribution in [-0.2, 0) is 7.05 Å². The maximum Gasteiger partial charge on any atom is 0.289 e. The topological polar surface area (TPSA) is 58.7 Å². The lowest BCUT2D eigenvalue weighted by Crippen LogP contribution is -2.49. The summed E-state index contributed by atoms with van der Waals surface area (Å²) in [6.45, 7) is 4.93. The molecule has 3 aromatic rings. The lowest BCUT2D eigenvalue weighted by atomic mass is 10.1. The van der Waals surface area contributed by atoms with Crippen molar-refractivity contribution in [3.8, 4) is 0 Å². The lowest BCUT2D eigenvalue weighted by Gasteiger charge is -2.33. The Morgan fingerprint density at radius 2 is 1.78 bits per heavy atom. The molecule has 0 radical (unpaired) electrons. The fourth-order valence-electron chi connectivity index (χ4n) is 3.82. The molecule has 27 heavy (non-hydrogen) atoms. The number of Topliss-reactive ketones (excluding diaryl/α,β-unsaturated/α-hetero) is 1. The van der Waals surface area contributed by atoms with Gasteiger partial charge in [0, 0.05) is 55.4 Å². The molecular weight excluding hydrogens is 342 g/mol. The SMILES string of the molecule is Cc1c(C(=O)CN2CCN(C(=O)c3ccco3)CC2)c2ccccc2n1C. The second kappa shape index (κ2) is 7.04. The summed E-state index contributed by atoms with van der Waals surface area (Å²) in [5.41, 5.74) is 2.88. The summed E-state index contributed by atoms with van der Waals surface area (Å²) in [6, 6.07) is 11.4. The number of amides is 1. The van der Waals surface area contributed by atoms with Gasteiger partial charge < -0.3 is 13.9 Å². The van der Waals surface area contributed by atoms with E-state index in [2.05, 4.69) is 9.47 Å². The number of aryl methyl sites for hydroxylation is 1. The summed E-state index contributed by atoms with van der Waals surface area (Å²) >= 11 is 0. The fourth-order valence-corrected chi connectivity index (χ4v) is 3.82. The van der Waals surface area contributed by atoms with Crippen LogP contribution in [0, 0.1) is 6.92 Å². The molecule has 1 aliphatic rings. The third-order valence-electron chi connectivity index (χ3n) is 5.44. The lowest BCUT2D eigenvalue weighted by molar-refractivity contribution is 0.0596. The molecule has 140 valence electrons. The van der Waals surface area contributed by atoms with Crippen LogP contribution in [0.3, 0.4) is 0 Å². The fraction of sp³-hybridized carbons (Fsp3) is 0.333. The van der Waals surface area contributed by atoms with E-state index in [0.717, 1.165) is 22.2 Å². The Morgan fingerprint density at radius 3 is 2.48 bits per heavy atom. The number of aromatic nitrogens is 1. The van der Waals surface area contributed by atoms with E-state index in [-0.39, 0.29) is 11.7 Å². The van der Waals surface area contributed by atoms with Gasteiger partial charge in [-0.25, -0.2) is 0 Å². The normalized spacial score (nSPS) is 15.4. The van der Waals surface area contributed by atoms with E-state index >= 15 is 0 Å². The molecule has 1 fully saturated rings. The molecule has 1 aromatic carbocycles. The number of carbonyl (C=O) groups is 2. The number of carbonyl (C=O) groups excluding carboxylic acids is 2. The second-order valence-electron chi connectivity index (χ2n) is 7.01. The van der Waals surface area contributed by atoms with Gasteiger partial charge in [-0.15, -0.1) is 0 Å². The standard InChI is InChI=1S/C21H23N3O3/c1-15-20(16-6-3-4-7-17(16)22(15)2)18(25)14-23-9-11-24(12-10-23)21(26)19-8-5-13-27-19/h3-8,13H,9-12,14H2,1-2H3. The van der Waals surface area contributed by atoms with Crippen LogP contribution >= 0.6 is 0 Å². The van der Waals surface area contributed by atoms with E-state index < -0.39 is 0 Å². The van der Waals surface area contributed by atoms with Gasteiger partial charge >= 0.3 is 0 Å². The number of furan rings is 1. The van der Waals surface area contributed by atoms with Gasteiger partial charge in [0.2, 0.25) is 0 Å². The van der Waals surface area contributed by atoms with Gasteiger partial charge in [-0.1, -0.05) is 18.2 Å². The van der Waals surface area contributed by atoms with Crippen molar-refractivity contribution in [3.05, 3.63) is 59.7 Å². The van der Waals surface area contributed by atoms with Crippen LogP contribution in [-0.4, -0.2) is 58.8 Å². The molecule has 0 bridgehead atoms. The van der Waals surface area contributed by atoms with Crippen molar-refractivity contribution in [1.29, 1.82) is 0 Å².